The molecule has 0 aliphatic carbocycles. The number of rotatable bonds is 6. The molecule has 150 valence electrons. The van der Waals surface area contributed by atoms with Crippen LogP contribution in [0.1, 0.15) is 24.0 Å². The zero-order chi connectivity index (χ0) is 20.1. The van der Waals surface area contributed by atoms with Gasteiger partial charge in [0, 0.05) is 35.1 Å². The van der Waals surface area contributed by atoms with Gasteiger partial charge in [0.1, 0.15) is 6.10 Å². The maximum atomic E-state index is 12.7. The van der Waals surface area contributed by atoms with E-state index in [4.69, 9.17) is 27.9 Å². The lowest BCUT2D eigenvalue weighted by molar-refractivity contribution is -0.138. The summed E-state index contributed by atoms with van der Waals surface area (Å²) in [6.45, 7) is 4.08. The van der Waals surface area contributed by atoms with Gasteiger partial charge in [-0.1, -0.05) is 47.5 Å². The first-order valence-electron chi connectivity index (χ1n) is 9.53. The first-order chi connectivity index (χ1) is 13.4. The SMILES string of the molecule is C[C@@H](NC(=O)C1CN(C)CCO1)[C@H](Cc1ccc(Cl)cc1)c1ccc(Cl)cc1. The fourth-order valence-electron chi connectivity index (χ4n) is 3.52. The number of nitrogens with one attached hydrogen (secondary N) is 1. The number of hydrogen-bond acceptors (Lipinski definition) is 3. The third-order valence-electron chi connectivity index (χ3n) is 5.20. The Kier molecular flexibility index (Phi) is 7.36. The van der Waals surface area contributed by atoms with Gasteiger partial charge in [0.2, 0.25) is 0 Å². The van der Waals surface area contributed by atoms with Crippen molar-refractivity contribution in [3.05, 3.63) is 69.7 Å². The predicted molar refractivity (Wildman–Crippen MR) is 114 cm³/mol. The van der Waals surface area contributed by atoms with Crippen LogP contribution >= 0.6 is 23.2 Å². The maximum absolute atomic E-state index is 12.7. The summed E-state index contributed by atoms with van der Waals surface area (Å²) >= 11 is 12.1. The minimum absolute atomic E-state index is 0.0610. The summed E-state index contributed by atoms with van der Waals surface area (Å²) in [6.07, 6.45) is 0.355. The third kappa shape index (κ3) is 5.71. The predicted octanol–water partition coefficient (Wildman–Crippen LogP) is 4.16. The number of carbonyl (C=O) groups is 1. The minimum Gasteiger partial charge on any atom is -0.366 e. The van der Waals surface area contributed by atoms with Crippen LogP contribution < -0.4 is 5.32 Å². The molecule has 1 fully saturated rings. The lowest BCUT2D eigenvalue weighted by Crippen LogP contribution is -2.51. The second-order valence-electron chi connectivity index (χ2n) is 7.41. The average molecular weight is 421 g/mol. The first-order valence-corrected chi connectivity index (χ1v) is 10.3. The van der Waals surface area contributed by atoms with E-state index in [2.05, 4.69) is 10.2 Å². The van der Waals surface area contributed by atoms with Crippen LogP contribution in [0, 0.1) is 0 Å². The van der Waals surface area contributed by atoms with E-state index in [1.54, 1.807) is 0 Å². The smallest absolute Gasteiger partial charge is 0.250 e. The van der Waals surface area contributed by atoms with Crippen molar-refractivity contribution >= 4 is 29.1 Å². The Bertz CT molecular complexity index is 780. The standard InChI is InChI=1S/C22H26Cl2N2O2/c1-15(25-22(27)21-14-26(2)11-12-28-21)20(17-5-9-19(24)10-6-17)13-16-3-7-18(23)8-4-16/h3-10,15,20-21H,11-14H2,1-2H3,(H,25,27)/t15-,20+,21?/m1/s1. The van der Waals surface area contributed by atoms with Crippen LogP contribution in [-0.2, 0) is 16.0 Å². The summed E-state index contributed by atoms with van der Waals surface area (Å²) in [7, 11) is 2.00. The zero-order valence-electron chi connectivity index (χ0n) is 16.2. The van der Waals surface area contributed by atoms with Gasteiger partial charge in [0.25, 0.3) is 5.91 Å². The minimum atomic E-state index is -0.428. The van der Waals surface area contributed by atoms with Crippen LogP contribution in [0.25, 0.3) is 0 Å². The third-order valence-corrected chi connectivity index (χ3v) is 5.71. The molecule has 1 N–H and O–H groups in total. The number of ether oxygens (including phenoxy) is 1. The molecule has 0 aromatic heterocycles. The molecular weight excluding hydrogens is 395 g/mol. The maximum Gasteiger partial charge on any atom is 0.250 e. The van der Waals surface area contributed by atoms with E-state index in [9.17, 15) is 4.79 Å². The van der Waals surface area contributed by atoms with Crippen LogP contribution in [0.4, 0.5) is 0 Å². The first kappa shape index (κ1) is 21.1. The lowest BCUT2D eigenvalue weighted by Gasteiger charge is -2.32. The zero-order valence-corrected chi connectivity index (χ0v) is 17.7. The van der Waals surface area contributed by atoms with E-state index < -0.39 is 6.10 Å². The molecule has 0 radical (unpaired) electrons. The molecule has 1 saturated heterocycles. The fraction of sp³-hybridized carbons (Fsp3) is 0.409. The Labute approximate surface area is 176 Å². The average Bonchev–Trinajstić information content (AvgIpc) is 2.68. The summed E-state index contributed by atoms with van der Waals surface area (Å²) in [5, 5.41) is 4.58. The molecule has 4 nitrogen and oxygen atoms in total. The van der Waals surface area contributed by atoms with Crippen molar-refractivity contribution in [2.75, 3.05) is 26.7 Å². The molecule has 3 atom stereocenters. The molecule has 2 aromatic carbocycles. The number of hydrogen-bond donors (Lipinski definition) is 1. The van der Waals surface area contributed by atoms with E-state index in [-0.39, 0.29) is 17.9 Å². The quantitative estimate of drug-likeness (QED) is 0.762. The lowest BCUT2D eigenvalue weighted by atomic mass is 9.86. The van der Waals surface area contributed by atoms with E-state index in [0.717, 1.165) is 18.5 Å². The summed E-state index contributed by atoms with van der Waals surface area (Å²) in [4.78, 5) is 14.9. The van der Waals surface area contributed by atoms with Crippen LogP contribution in [0.15, 0.2) is 48.5 Å². The highest BCUT2D eigenvalue weighted by molar-refractivity contribution is 6.30. The number of halogens is 2. The second-order valence-corrected chi connectivity index (χ2v) is 8.28. The molecule has 28 heavy (non-hydrogen) atoms. The largest absolute Gasteiger partial charge is 0.366 e. The Hall–Kier alpha value is -1.59. The van der Waals surface area contributed by atoms with Crippen LogP contribution in [0.3, 0.4) is 0 Å². The number of nitrogens with zero attached hydrogens (tertiary/aromatic N) is 1. The van der Waals surface area contributed by atoms with Gasteiger partial charge in [-0.3, -0.25) is 4.79 Å². The molecule has 6 heteroatoms. The molecule has 2 aromatic rings. The fourth-order valence-corrected chi connectivity index (χ4v) is 3.77. The van der Waals surface area contributed by atoms with Gasteiger partial charge in [-0.15, -0.1) is 0 Å². The summed E-state index contributed by atoms with van der Waals surface area (Å²) in [5.41, 5.74) is 2.30. The molecule has 0 saturated carbocycles. The number of carbonyl (C=O) groups excluding carboxylic acids is 1. The number of morpholine rings is 1. The Morgan fingerprint density at radius 1 is 1.14 bits per heavy atom. The van der Waals surface area contributed by atoms with E-state index in [1.165, 1.54) is 5.56 Å². The van der Waals surface area contributed by atoms with Crippen molar-refractivity contribution in [1.29, 1.82) is 0 Å². The highest BCUT2D eigenvalue weighted by Crippen LogP contribution is 2.27. The van der Waals surface area contributed by atoms with E-state index in [0.29, 0.717) is 23.2 Å². The van der Waals surface area contributed by atoms with Gasteiger partial charge < -0.3 is 15.0 Å². The molecule has 1 heterocycles. The Morgan fingerprint density at radius 2 is 1.75 bits per heavy atom. The van der Waals surface area contributed by atoms with Crippen molar-refractivity contribution in [1.82, 2.24) is 10.2 Å². The van der Waals surface area contributed by atoms with Crippen molar-refractivity contribution in [3.63, 3.8) is 0 Å². The molecule has 0 spiro atoms. The molecule has 1 aliphatic heterocycles. The molecule has 1 aliphatic rings. The highest BCUT2D eigenvalue weighted by Gasteiger charge is 2.28. The number of likely N-dealkylation sites (N-methyl/N-ethyl adjacent to an activating group) is 1. The monoisotopic (exact) mass is 420 g/mol. The molecule has 3 rings (SSSR count). The number of amides is 1. The second kappa shape index (κ2) is 9.75. The van der Waals surface area contributed by atoms with Crippen molar-refractivity contribution in [2.24, 2.45) is 0 Å². The van der Waals surface area contributed by atoms with Gasteiger partial charge in [-0.05, 0) is 55.8 Å². The summed E-state index contributed by atoms with van der Waals surface area (Å²) < 4.78 is 5.66. The van der Waals surface area contributed by atoms with Gasteiger partial charge in [-0.2, -0.15) is 0 Å². The van der Waals surface area contributed by atoms with Crippen LogP contribution in [0.2, 0.25) is 10.0 Å². The Morgan fingerprint density at radius 3 is 2.36 bits per heavy atom. The van der Waals surface area contributed by atoms with E-state index >= 15 is 0 Å². The van der Waals surface area contributed by atoms with Crippen molar-refractivity contribution in [2.45, 2.75) is 31.4 Å². The molecule has 1 unspecified atom stereocenters. The Balaban J connectivity index is 1.75. The summed E-state index contributed by atoms with van der Waals surface area (Å²) in [5.74, 6) is 0.0397. The normalized spacial score (nSPS) is 19.8. The van der Waals surface area contributed by atoms with Gasteiger partial charge in [0.15, 0.2) is 0 Å². The van der Waals surface area contributed by atoms with E-state index in [1.807, 2.05) is 62.5 Å². The summed E-state index contributed by atoms with van der Waals surface area (Å²) in [6, 6.07) is 15.6. The highest BCUT2D eigenvalue weighted by atomic mass is 35.5. The molecule has 1 amide bonds. The topological polar surface area (TPSA) is 41.6 Å². The van der Waals surface area contributed by atoms with Crippen molar-refractivity contribution in [3.8, 4) is 0 Å². The number of benzene rings is 2. The van der Waals surface area contributed by atoms with Gasteiger partial charge in [0.05, 0.1) is 6.61 Å². The van der Waals surface area contributed by atoms with Crippen molar-refractivity contribution < 1.29 is 9.53 Å². The molecule has 0 bridgehead atoms. The van der Waals surface area contributed by atoms with Gasteiger partial charge in [-0.25, -0.2) is 0 Å². The van der Waals surface area contributed by atoms with Gasteiger partial charge >= 0.3 is 0 Å². The van der Waals surface area contributed by atoms with Crippen LogP contribution in [0.5, 0.6) is 0 Å². The van der Waals surface area contributed by atoms with Crippen LogP contribution in [-0.4, -0.2) is 49.7 Å². The molecular formula is C22H26Cl2N2O2.